The zero-order valence-electron chi connectivity index (χ0n) is 8.56. The molecule has 1 fully saturated rings. The molecule has 1 heterocycles. The van der Waals surface area contributed by atoms with Crippen molar-refractivity contribution in [1.29, 1.82) is 0 Å². The molecule has 0 aromatic heterocycles. The standard InChI is InChI=1S/C11H12BrNO3/c12-8-1-2-13(6-8)11(16)7-3-9(14)5-10(15)4-7/h3-5,8,14-15H,1-2,6H2. The van der Waals surface area contributed by atoms with Gasteiger partial charge in [-0.05, 0) is 18.6 Å². The van der Waals surface area contributed by atoms with E-state index in [1.807, 2.05) is 0 Å². The van der Waals surface area contributed by atoms with Gasteiger partial charge in [0.1, 0.15) is 11.5 Å². The van der Waals surface area contributed by atoms with Gasteiger partial charge in [0, 0.05) is 29.5 Å². The molecular weight excluding hydrogens is 274 g/mol. The molecule has 1 amide bonds. The third-order valence-corrected chi connectivity index (χ3v) is 3.31. The van der Waals surface area contributed by atoms with Crippen LogP contribution in [0.4, 0.5) is 0 Å². The number of phenols is 2. The van der Waals surface area contributed by atoms with Crippen LogP contribution in [0.3, 0.4) is 0 Å². The Morgan fingerprint density at radius 2 is 1.94 bits per heavy atom. The lowest BCUT2D eigenvalue weighted by molar-refractivity contribution is 0.0792. The van der Waals surface area contributed by atoms with Crippen molar-refractivity contribution in [2.75, 3.05) is 13.1 Å². The van der Waals surface area contributed by atoms with Gasteiger partial charge in [0.25, 0.3) is 5.91 Å². The van der Waals surface area contributed by atoms with Crippen LogP contribution >= 0.6 is 15.9 Å². The van der Waals surface area contributed by atoms with Gasteiger partial charge in [0.2, 0.25) is 0 Å². The summed E-state index contributed by atoms with van der Waals surface area (Å²) in [5.74, 6) is -0.357. The van der Waals surface area contributed by atoms with Crippen LogP contribution in [0.2, 0.25) is 0 Å². The Kier molecular flexibility index (Phi) is 3.05. The fourth-order valence-electron chi connectivity index (χ4n) is 1.80. The van der Waals surface area contributed by atoms with Gasteiger partial charge in [0.15, 0.2) is 0 Å². The molecule has 0 saturated carbocycles. The maximum atomic E-state index is 12.0. The van der Waals surface area contributed by atoms with Gasteiger partial charge in [-0.3, -0.25) is 4.79 Å². The average molecular weight is 286 g/mol. The summed E-state index contributed by atoms with van der Waals surface area (Å²) in [5.41, 5.74) is 0.319. The lowest BCUT2D eigenvalue weighted by Gasteiger charge is -2.15. The van der Waals surface area contributed by atoms with E-state index in [4.69, 9.17) is 0 Å². The van der Waals surface area contributed by atoms with Crippen molar-refractivity contribution < 1.29 is 15.0 Å². The molecule has 1 aromatic rings. The number of likely N-dealkylation sites (tertiary alicyclic amines) is 1. The predicted octanol–water partition coefficient (Wildman–Crippen LogP) is 1.71. The largest absolute Gasteiger partial charge is 0.508 e. The second kappa shape index (κ2) is 4.33. The molecular formula is C11H12BrNO3. The fourth-order valence-corrected chi connectivity index (χ4v) is 2.36. The van der Waals surface area contributed by atoms with E-state index in [2.05, 4.69) is 15.9 Å². The molecule has 2 rings (SSSR count). The van der Waals surface area contributed by atoms with Crippen LogP contribution in [0.1, 0.15) is 16.8 Å². The van der Waals surface area contributed by atoms with E-state index in [-0.39, 0.29) is 17.4 Å². The summed E-state index contributed by atoms with van der Waals surface area (Å²) in [6.45, 7) is 1.36. The SMILES string of the molecule is O=C(c1cc(O)cc(O)c1)N1CCC(Br)C1. The second-order valence-corrected chi connectivity index (χ2v) is 5.17. The molecule has 1 aliphatic heterocycles. The van der Waals surface area contributed by atoms with Gasteiger partial charge in [-0.2, -0.15) is 0 Å². The van der Waals surface area contributed by atoms with Gasteiger partial charge < -0.3 is 15.1 Å². The minimum Gasteiger partial charge on any atom is -0.508 e. The molecule has 1 saturated heterocycles. The van der Waals surface area contributed by atoms with Gasteiger partial charge in [-0.15, -0.1) is 0 Å². The Hall–Kier alpha value is -1.23. The fraction of sp³-hybridized carbons (Fsp3) is 0.364. The highest BCUT2D eigenvalue weighted by molar-refractivity contribution is 9.09. The molecule has 2 N–H and O–H groups in total. The van der Waals surface area contributed by atoms with E-state index in [9.17, 15) is 15.0 Å². The number of halogens is 1. The monoisotopic (exact) mass is 285 g/mol. The van der Waals surface area contributed by atoms with Crippen LogP contribution in [-0.2, 0) is 0 Å². The molecule has 0 radical (unpaired) electrons. The van der Waals surface area contributed by atoms with E-state index < -0.39 is 0 Å². The van der Waals surface area contributed by atoms with Gasteiger partial charge in [-0.25, -0.2) is 0 Å². The molecule has 1 aromatic carbocycles. The van der Waals surface area contributed by atoms with Crippen molar-refractivity contribution in [3.8, 4) is 11.5 Å². The average Bonchev–Trinajstić information content (AvgIpc) is 2.62. The number of hydrogen-bond donors (Lipinski definition) is 2. The van der Waals surface area contributed by atoms with Gasteiger partial charge in [0.05, 0.1) is 0 Å². The first kappa shape index (κ1) is 11.3. The summed E-state index contributed by atoms with van der Waals surface area (Å²) in [5, 5.41) is 18.6. The minimum absolute atomic E-state index is 0.0991. The predicted molar refractivity (Wildman–Crippen MR) is 63.0 cm³/mol. The molecule has 1 aliphatic rings. The molecule has 5 heteroatoms. The van der Waals surface area contributed by atoms with Crippen molar-refractivity contribution in [3.63, 3.8) is 0 Å². The number of hydrogen-bond acceptors (Lipinski definition) is 3. The summed E-state index contributed by atoms with van der Waals surface area (Å²) in [6, 6.07) is 3.93. The Balaban J connectivity index is 2.20. The molecule has 16 heavy (non-hydrogen) atoms. The number of alkyl halides is 1. The molecule has 0 spiro atoms. The molecule has 1 unspecified atom stereocenters. The minimum atomic E-state index is -0.159. The van der Waals surface area contributed by atoms with E-state index in [0.29, 0.717) is 23.5 Å². The topological polar surface area (TPSA) is 60.8 Å². The number of aromatic hydroxyl groups is 2. The Labute approximate surface area is 102 Å². The van der Waals surface area contributed by atoms with Gasteiger partial charge in [-0.1, -0.05) is 15.9 Å². The summed E-state index contributed by atoms with van der Waals surface area (Å²) in [7, 11) is 0. The number of carbonyl (C=O) groups excluding carboxylic acids is 1. The van der Waals surface area contributed by atoms with Crippen LogP contribution < -0.4 is 0 Å². The first-order chi connectivity index (χ1) is 7.56. The van der Waals surface area contributed by atoms with Crippen molar-refractivity contribution >= 4 is 21.8 Å². The zero-order valence-corrected chi connectivity index (χ0v) is 10.1. The van der Waals surface area contributed by atoms with Crippen molar-refractivity contribution in [2.24, 2.45) is 0 Å². The number of carbonyl (C=O) groups is 1. The normalized spacial score (nSPS) is 20.1. The number of phenolic OH excluding ortho intramolecular Hbond substituents is 2. The third-order valence-electron chi connectivity index (χ3n) is 2.57. The first-order valence-corrected chi connectivity index (χ1v) is 5.94. The zero-order chi connectivity index (χ0) is 11.7. The molecule has 1 atom stereocenters. The Bertz CT molecular complexity index is 401. The molecule has 4 nitrogen and oxygen atoms in total. The van der Waals surface area contributed by atoms with E-state index in [0.717, 1.165) is 6.42 Å². The number of nitrogens with zero attached hydrogens (tertiary/aromatic N) is 1. The maximum Gasteiger partial charge on any atom is 0.254 e. The highest BCUT2D eigenvalue weighted by atomic mass is 79.9. The van der Waals surface area contributed by atoms with Crippen LogP contribution in [0.5, 0.6) is 11.5 Å². The molecule has 0 aliphatic carbocycles. The maximum absolute atomic E-state index is 12.0. The van der Waals surface area contributed by atoms with Crippen LogP contribution in [0.15, 0.2) is 18.2 Å². The summed E-state index contributed by atoms with van der Waals surface area (Å²) in [4.78, 5) is 14.0. The van der Waals surface area contributed by atoms with E-state index >= 15 is 0 Å². The number of amides is 1. The van der Waals surface area contributed by atoms with E-state index in [1.165, 1.54) is 18.2 Å². The highest BCUT2D eigenvalue weighted by Gasteiger charge is 2.25. The lowest BCUT2D eigenvalue weighted by atomic mass is 10.2. The Morgan fingerprint density at radius 1 is 1.31 bits per heavy atom. The number of benzene rings is 1. The van der Waals surface area contributed by atoms with Crippen LogP contribution in [0.25, 0.3) is 0 Å². The summed E-state index contributed by atoms with van der Waals surface area (Å²) < 4.78 is 0. The van der Waals surface area contributed by atoms with Crippen molar-refractivity contribution in [1.82, 2.24) is 4.90 Å². The smallest absolute Gasteiger partial charge is 0.254 e. The summed E-state index contributed by atoms with van der Waals surface area (Å²) in [6.07, 6.45) is 0.927. The van der Waals surface area contributed by atoms with Crippen LogP contribution in [0, 0.1) is 0 Å². The van der Waals surface area contributed by atoms with E-state index in [1.54, 1.807) is 4.90 Å². The highest BCUT2D eigenvalue weighted by Crippen LogP contribution is 2.24. The van der Waals surface area contributed by atoms with Gasteiger partial charge >= 0.3 is 0 Å². The number of rotatable bonds is 1. The summed E-state index contributed by atoms with van der Waals surface area (Å²) >= 11 is 3.46. The Morgan fingerprint density at radius 3 is 2.44 bits per heavy atom. The third kappa shape index (κ3) is 2.29. The lowest BCUT2D eigenvalue weighted by Crippen LogP contribution is -2.28. The molecule has 0 bridgehead atoms. The van der Waals surface area contributed by atoms with Crippen LogP contribution in [-0.4, -0.2) is 38.9 Å². The molecule has 86 valence electrons. The quantitative estimate of drug-likeness (QED) is 0.773. The van der Waals surface area contributed by atoms with Crippen molar-refractivity contribution in [3.05, 3.63) is 23.8 Å². The second-order valence-electron chi connectivity index (χ2n) is 3.88. The van der Waals surface area contributed by atoms with Crippen molar-refractivity contribution in [2.45, 2.75) is 11.2 Å². The first-order valence-electron chi connectivity index (χ1n) is 5.02.